The molecule has 0 saturated carbocycles. The van der Waals surface area contributed by atoms with Crippen LogP contribution in [0.3, 0.4) is 0 Å². The number of hydrogen-bond donors (Lipinski definition) is 1. The highest BCUT2D eigenvalue weighted by Gasteiger charge is 2.23. The SMILES string of the molecule is CCOC(=O)N1CCN(c2nccc(Nc3cc(OC)ccc3OC)n2)CC1. The van der Waals surface area contributed by atoms with E-state index < -0.39 is 0 Å². The predicted molar refractivity (Wildman–Crippen MR) is 106 cm³/mol. The molecule has 1 aliphatic heterocycles. The molecule has 1 saturated heterocycles. The van der Waals surface area contributed by atoms with Crippen molar-refractivity contribution in [1.82, 2.24) is 14.9 Å². The summed E-state index contributed by atoms with van der Waals surface area (Å²) in [6, 6.07) is 7.30. The molecule has 1 aromatic heterocycles. The number of carbonyl (C=O) groups excluding carboxylic acids is 1. The van der Waals surface area contributed by atoms with Gasteiger partial charge in [-0.15, -0.1) is 0 Å². The first-order valence-electron chi connectivity index (χ1n) is 9.13. The number of amides is 1. The Hall–Kier alpha value is -3.23. The number of nitrogens with zero attached hydrogens (tertiary/aromatic N) is 4. The summed E-state index contributed by atoms with van der Waals surface area (Å²) >= 11 is 0. The summed E-state index contributed by atoms with van der Waals surface area (Å²) in [7, 11) is 3.23. The topological polar surface area (TPSA) is 89.1 Å². The molecule has 150 valence electrons. The van der Waals surface area contributed by atoms with Gasteiger partial charge in [0.2, 0.25) is 5.95 Å². The van der Waals surface area contributed by atoms with Gasteiger partial charge in [0.05, 0.1) is 26.5 Å². The van der Waals surface area contributed by atoms with Crippen LogP contribution in [0.5, 0.6) is 11.5 Å². The molecule has 0 radical (unpaired) electrons. The van der Waals surface area contributed by atoms with Gasteiger partial charge in [-0.1, -0.05) is 0 Å². The summed E-state index contributed by atoms with van der Waals surface area (Å²) in [4.78, 5) is 24.5. The van der Waals surface area contributed by atoms with Crippen LogP contribution >= 0.6 is 0 Å². The number of aromatic nitrogens is 2. The molecule has 2 heterocycles. The molecule has 1 amide bonds. The van der Waals surface area contributed by atoms with Crippen molar-refractivity contribution in [1.29, 1.82) is 0 Å². The number of piperazine rings is 1. The molecule has 2 aromatic rings. The van der Waals surface area contributed by atoms with E-state index in [0.29, 0.717) is 56.1 Å². The van der Waals surface area contributed by atoms with Gasteiger partial charge in [0.1, 0.15) is 17.3 Å². The smallest absolute Gasteiger partial charge is 0.409 e. The van der Waals surface area contributed by atoms with E-state index in [0.717, 1.165) is 5.69 Å². The highest BCUT2D eigenvalue weighted by Crippen LogP contribution is 2.31. The minimum absolute atomic E-state index is 0.274. The van der Waals surface area contributed by atoms with Crippen molar-refractivity contribution < 1.29 is 19.0 Å². The van der Waals surface area contributed by atoms with Gasteiger partial charge >= 0.3 is 6.09 Å². The Kier molecular flexibility index (Phi) is 6.36. The average Bonchev–Trinajstić information content (AvgIpc) is 2.74. The summed E-state index contributed by atoms with van der Waals surface area (Å²) in [5.41, 5.74) is 0.749. The van der Waals surface area contributed by atoms with E-state index in [9.17, 15) is 4.79 Å². The lowest BCUT2D eigenvalue weighted by molar-refractivity contribution is 0.105. The number of hydrogen-bond acceptors (Lipinski definition) is 8. The van der Waals surface area contributed by atoms with E-state index in [1.807, 2.05) is 23.1 Å². The quantitative estimate of drug-likeness (QED) is 0.809. The molecule has 0 unspecified atom stereocenters. The molecule has 28 heavy (non-hydrogen) atoms. The molecule has 3 rings (SSSR count). The summed E-state index contributed by atoms with van der Waals surface area (Å²) in [6.07, 6.45) is 1.43. The zero-order chi connectivity index (χ0) is 19.9. The maximum Gasteiger partial charge on any atom is 0.409 e. The van der Waals surface area contributed by atoms with E-state index in [-0.39, 0.29) is 6.09 Å². The maximum atomic E-state index is 11.8. The lowest BCUT2D eigenvalue weighted by atomic mass is 10.2. The zero-order valence-electron chi connectivity index (χ0n) is 16.3. The fraction of sp³-hybridized carbons (Fsp3) is 0.421. The van der Waals surface area contributed by atoms with E-state index in [1.54, 1.807) is 38.3 Å². The van der Waals surface area contributed by atoms with Gasteiger partial charge in [0.25, 0.3) is 0 Å². The van der Waals surface area contributed by atoms with Crippen molar-refractivity contribution in [2.24, 2.45) is 0 Å². The lowest BCUT2D eigenvalue weighted by Gasteiger charge is -2.34. The summed E-state index contributed by atoms with van der Waals surface area (Å²) in [6.45, 7) is 4.62. The largest absolute Gasteiger partial charge is 0.497 e. The number of rotatable bonds is 6. The van der Waals surface area contributed by atoms with Crippen molar-refractivity contribution in [3.05, 3.63) is 30.5 Å². The fourth-order valence-electron chi connectivity index (χ4n) is 2.92. The molecule has 0 spiro atoms. The van der Waals surface area contributed by atoms with Crippen molar-refractivity contribution in [2.45, 2.75) is 6.92 Å². The molecular formula is C19H25N5O4. The molecule has 1 aromatic carbocycles. The average molecular weight is 387 g/mol. The summed E-state index contributed by atoms with van der Waals surface area (Å²) < 4.78 is 15.7. The van der Waals surface area contributed by atoms with Gasteiger partial charge in [-0.2, -0.15) is 4.98 Å². The molecule has 0 atom stereocenters. The molecule has 9 nitrogen and oxygen atoms in total. The van der Waals surface area contributed by atoms with Crippen LogP contribution in [-0.4, -0.2) is 68.0 Å². The molecule has 1 N–H and O–H groups in total. The van der Waals surface area contributed by atoms with Gasteiger partial charge in [-0.05, 0) is 25.1 Å². The number of benzene rings is 1. The number of carbonyl (C=O) groups is 1. The Bertz CT molecular complexity index is 809. The number of methoxy groups -OCH3 is 2. The first-order valence-corrected chi connectivity index (χ1v) is 9.13. The number of ether oxygens (including phenoxy) is 3. The summed E-state index contributed by atoms with van der Waals surface area (Å²) in [5, 5.41) is 3.25. The highest BCUT2D eigenvalue weighted by atomic mass is 16.6. The van der Waals surface area contributed by atoms with Crippen LogP contribution < -0.4 is 19.7 Å². The van der Waals surface area contributed by atoms with Crippen LogP contribution in [0.25, 0.3) is 0 Å². The van der Waals surface area contributed by atoms with Gasteiger partial charge in [-0.25, -0.2) is 9.78 Å². The van der Waals surface area contributed by atoms with Crippen molar-refractivity contribution in [2.75, 3.05) is 57.2 Å². The molecule has 0 bridgehead atoms. The normalized spacial score (nSPS) is 13.8. The molecular weight excluding hydrogens is 362 g/mol. The van der Waals surface area contributed by atoms with Crippen LogP contribution in [0.15, 0.2) is 30.5 Å². The van der Waals surface area contributed by atoms with E-state index >= 15 is 0 Å². The standard InChI is InChI=1S/C19H25N5O4/c1-4-28-19(25)24-11-9-23(10-12-24)18-20-8-7-17(22-18)21-15-13-14(26-2)5-6-16(15)27-3/h5-8,13H,4,9-12H2,1-3H3,(H,20,21,22). The van der Waals surface area contributed by atoms with E-state index in [1.165, 1.54) is 0 Å². The van der Waals surface area contributed by atoms with Crippen LogP contribution in [0, 0.1) is 0 Å². The zero-order valence-corrected chi connectivity index (χ0v) is 16.3. The van der Waals surface area contributed by atoms with Crippen molar-refractivity contribution in [3.63, 3.8) is 0 Å². The Balaban J connectivity index is 1.69. The van der Waals surface area contributed by atoms with Crippen LogP contribution in [0.1, 0.15) is 6.92 Å². The highest BCUT2D eigenvalue weighted by molar-refractivity contribution is 5.68. The van der Waals surface area contributed by atoms with Gasteiger partial charge in [0.15, 0.2) is 0 Å². The molecule has 1 aliphatic rings. The predicted octanol–water partition coefficient (Wildman–Crippen LogP) is 2.52. The fourth-order valence-corrected chi connectivity index (χ4v) is 2.92. The Labute approximate surface area is 164 Å². The monoisotopic (exact) mass is 387 g/mol. The second-order valence-electron chi connectivity index (χ2n) is 6.11. The van der Waals surface area contributed by atoms with Crippen LogP contribution in [-0.2, 0) is 4.74 Å². The first kappa shape index (κ1) is 19.5. The van der Waals surface area contributed by atoms with Gasteiger partial charge < -0.3 is 29.3 Å². The van der Waals surface area contributed by atoms with Crippen LogP contribution in [0.4, 0.5) is 22.2 Å². The third kappa shape index (κ3) is 4.54. The second kappa shape index (κ2) is 9.12. The Morgan fingerprint density at radius 3 is 2.61 bits per heavy atom. The first-order chi connectivity index (χ1) is 13.6. The van der Waals surface area contributed by atoms with Crippen molar-refractivity contribution >= 4 is 23.5 Å². The van der Waals surface area contributed by atoms with Crippen LogP contribution in [0.2, 0.25) is 0 Å². The molecule has 1 fully saturated rings. The third-order valence-electron chi connectivity index (χ3n) is 4.40. The minimum Gasteiger partial charge on any atom is -0.497 e. The van der Waals surface area contributed by atoms with Crippen molar-refractivity contribution in [3.8, 4) is 11.5 Å². The van der Waals surface area contributed by atoms with E-state index in [4.69, 9.17) is 14.2 Å². The lowest BCUT2D eigenvalue weighted by Crippen LogP contribution is -2.49. The number of anilines is 3. The summed E-state index contributed by atoms with van der Waals surface area (Å²) in [5.74, 6) is 2.65. The minimum atomic E-state index is -0.274. The number of nitrogens with one attached hydrogen (secondary N) is 1. The van der Waals surface area contributed by atoms with Gasteiger partial charge in [-0.3, -0.25) is 0 Å². The Morgan fingerprint density at radius 2 is 1.93 bits per heavy atom. The van der Waals surface area contributed by atoms with Gasteiger partial charge in [0, 0.05) is 38.4 Å². The maximum absolute atomic E-state index is 11.8. The molecule has 0 aliphatic carbocycles. The second-order valence-corrected chi connectivity index (χ2v) is 6.11. The third-order valence-corrected chi connectivity index (χ3v) is 4.40. The van der Waals surface area contributed by atoms with E-state index in [2.05, 4.69) is 15.3 Å². The Morgan fingerprint density at radius 1 is 1.14 bits per heavy atom. The molecule has 9 heteroatoms.